The smallest absolute Gasteiger partial charge is 0.127 e. The van der Waals surface area contributed by atoms with E-state index in [1.807, 2.05) is 19.1 Å². The van der Waals surface area contributed by atoms with Crippen molar-refractivity contribution in [2.24, 2.45) is 0 Å². The van der Waals surface area contributed by atoms with Gasteiger partial charge in [0.05, 0.1) is 0 Å². The van der Waals surface area contributed by atoms with Gasteiger partial charge in [0.25, 0.3) is 0 Å². The molecule has 15 heavy (non-hydrogen) atoms. The van der Waals surface area contributed by atoms with Crippen molar-refractivity contribution < 1.29 is 5.11 Å². The van der Waals surface area contributed by atoms with E-state index in [4.69, 9.17) is 5.11 Å². The Balaban J connectivity index is 2.36. The highest BCUT2D eigenvalue weighted by Gasteiger charge is 1.95. The first kappa shape index (κ1) is 11.8. The van der Waals surface area contributed by atoms with Gasteiger partial charge in [0.2, 0.25) is 0 Å². The third-order valence-electron chi connectivity index (χ3n) is 2.03. The average molecular weight is 209 g/mol. The Labute approximate surface area is 90.7 Å². The number of hydrogen-bond acceptors (Lipinski definition) is 4. The molecule has 1 heterocycles. The van der Waals surface area contributed by atoms with Crippen LogP contribution in [0.15, 0.2) is 18.3 Å². The molecule has 1 aromatic rings. The van der Waals surface area contributed by atoms with Crippen LogP contribution in [-0.4, -0.2) is 29.8 Å². The van der Waals surface area contributed by atoms with Gasteiger partial charge in [-0.15, -0.1) is 0 Å². The average Bonchev–Trinajstić information content (AvgIpc) is 2.26. The Morgan fingerprint density at radius 1 is 1.33 bits per heavy atom. The Bertz CT molecular complexity index is 278. The van der Waals surface area contributed by atoms with Crippen LogP contribution in [0.25, 0.3) is 0 Å². The van der Waals surface area contributed by atoms with Gasteiger partial charge in [0.15, 0.2) is 0 Å². The summed E-state index contributed by atoms with van der Waals surface area (Å²) in [6, 6.07) is 3.93. The number of aliphatic hydroxyl groups excluding tert-OH is 1. The molecule has 1 rings (SSSR count). The van der Waals surface area contributed by atoms with Gasteiger partial charge in [-0.1, -0.05) is 0 Å². The molecule has 4 nitrogen and oxygen atoms in total. The van der Waals surface area contributed by atoms with Crippen molar-refractivity contribution in [1.29, 1.82) is 0 Å². The van der Waals surface area contributed by atoms with E-state index in [0.717, 1.165) is 37.4 Å². The molecule has 0 atom stereocenters. The molecule has 0 unspecified atom stereocenters. The first-order valence-electron chi connectivity index (χ1n) is 5.41. The first-order chi connectivity index (χ1) is 7.36. The van der Waals surface area contributed by atoms with E-state index >= 15 is 0 Å². The fourth-order valence-corrected chi connectivity index (χ4v) is 1.29. The topological polar surface area (TPSA) is 57.2 Å². The van der Waals surface area contributed by atoms with Crippen molar-refractivity contribution in [2.75, 3.05) is 30.3 Å². The van der Waals surface area contributed by atoms with Gasteiger partial charge >= 0.3 is 0 Å². The zero-order chi connectivity index (χ0) is 10.9. The summed E-state index contributed by atoms with van der Waals surface area (Å²) in [4.78, 5) is 4.18. The monoisotopic (exact) mass is 209 g/mol. The quantitative estimate of drug-likeness (QED) is 0.598. The van der Waals surface area contributed by atoms with E-state index in [-0.39, 0.29) is 6.61 Å². The molecule has 0 aliphatic carbocycles. The number of aromatic nitrogens is 1. The lowest BCUT2D eigenvalue weighted by molar-refractivity contribution is 0.286. The van der Waals surface area contributed by atoms with Gasteiger partial charge in [-0.3, -0.25) is 0 Å². The van der Waals surface area contributed by atoms with E-state index in [1.165, 1.54) is 0 Å². The molecule has 0 bridgehead atoms. The molecule has 0 spiro atoms. The van der Waals surface area contributed by atoms with Crippen LogP contribution in [-0.2, 0) is 0 Å². The molecule has 0 fully saturated rings. The second-order valence-electron chi connectivity index (χ2n) is 3.32. The molecule has 84 valence electrons. The Hall–Kier alpha value is -1.29. The second-order valence-corrected chi connectivity index (χ2v) is 3.32. The van der Waals surface area contributed by atoms with E-state index in [9.17, 15) is 0 Å². The van der Waals surface area contributed by atoms with Crippen LogP contribution in [0.5, 0.6) is 0 Å². The van der Waals surface area contributed by atoms with Crippen LogP contribution >= 0.6 is 0 Å². The highest BCUT2D eigenvalue weighted by molar-refractivity contribution is 5.51. The fraction of sp³-hybridized carbons (Fsp3) is 0.545. The summed E-state index contributed by atoms with van der Waals surface area (Å²) in [5.41, 5.74) is 1.07. The normalized spacial score (nSPS) is 10.0. The highest BCUT2D eigenvalue weighted by atomic mass is 16.2. The number of hydrogen-bond donors (Lipinski definition) is 3. The van der Waals surface area contributed by atoms with Gasteiger partial charge in [-0.2, -0.15) is 0 Å². The van der Waals surface area contributed by atoms with Gasteiger partial charge in [-0.25, -0.2) is 4.98 Å². The third-order valence-corrected chi connectivity index (χ3v) is 2.03. The molecule has 0 aliphatic rings. The predicted octanol–water partition coefficient (Wildman–Crippen LogP) is 1.70. The number of anilines is 2. The van der Waals surface area contributed by atoms with Crippen LogP contribution in [0.3, 0.4) is 0 Å². The zero-order valence-corrected chi connectivity index (χ0v) is 9.16. The fourth-order valence-electron chi connectivity index (χ4n) is 1.29. The predicted molar refractivity (Wildman–Crippen MR) is 63.2 cm³/mol. The maximum Gasteiger partial charge on any atom is 0.127 e. The Kier molecular flexibility index (Phi) is 5.55. The van der Waals surface area contributed by atoms with E-state index < -0.39 is 0 Å². The summed E-state index contributed by atoms with van der Waals surface area (Å²) in [6.45, 7) is 4.07. The lowest BCUT2D eigenvalue weighted by Gasteiger charge is -2.07. The summed E-state index contributed by atoms with van der Waals surface area (Å²) >= 11 is 0. The summed E-state index contributed by atoms with van der Waals surface area (Å²) in [5, 5.41) is 15.1. The SMILES string of the molecule is CCNc1cc(NCCCCO)ccn1. The number of nitrogens with one attached hydrogen (secondary N) is 2. The highest BCUT2D eigenvalue weighted by Crippen LogP contribution is 2.11. The summed E-state index contributed by atoms with van der Waals surface area (Å²) < 4.78 is 0. The molecule has 0 radical (unpaired) electrons. The molecule has 0 saturated heterocycles. The number of rotatable bonds is 7. The number of aliphatic hydroxyl groups is 1. The van der Waals surface area contributed by atoms with Gasteiger partial charge in [0, 0.05) is 37.6 Å². The Morgan fingerprint density at radius 3 is 2.93 bits per heavy atom. The van der Waals surface area contributed by atoms with Crippen molar-refractivity contribution in [3.8, 4) is 0 Å². The van der Waals surface area contributed by atoms with Crippen LogP contribution in [0.2, 0.25) is 0 Å². The largest absolute Gasteiger partial charge is 0.396 e. The van der Waals surface area contributed by atoms with Crippen molar-refractivity contribution in [3.05, 3.63) is 18.3 Å². The van der Waals surface area contributed by atoms with Crippen molar-refractivity contribution >= 4 is 11.5 Å². The summed E-state index contributed by atoms with van der Waals surface area (Å²) in [7, 11) is 0. The maximum atomic E-state index is 8.63. The molecule has 0 saturated carbocycles. The molecular weight excluding hydrogens is 190 g/mol. The molecule has 4 heteroatoms. The van der Waals surface area contributed by atoms with Crippen LogP contribution in [0, 0.1) is 0 Å². The molecule has 1 aromatic heterocycles. The van der Waals surface area contributed by atoms with Gasteiger partial charge in [-0.05, 0) is 25.8 Å². The van der Waals surface area contributed by atoms with Crippen LogP contribution in [0.4, 0.5) is 11.5 Å². The molecule has 0 amide bonds. The zero-order valence-electron chi connectivity index (χ0n) is 9.16. The summed E-state index contributed by atoms with van der Waals surface area (Å²) in [5.74, 6) is 0.893. The van der Waals surface area contributed by atoms with Crippen LogP contribution < -0.4 is 10.6 Å². The van der Waals surface area contributed by atoms with Crippen LogP contribution in [0.1, 0.15) is 19.8 Å². The van der Waals surface area contributed by atoms with Crippen molar-refractivity contribution in [1.82, 2.24) is 4.98 Å². The molecular formula is C11H19N3O. The molecule has 0 aliphatic heterocycles. The van der Waals surface area contributed by atoms with Crippen molar-refractivity contribution in [2.45, 2.75) is 19.8 Å². The molecule has 0 aromatic carbocycles. The first-order valence-corrected chi connectivity index (χ1v) is 5.41. The maximum absolute atomic E-state index is 8.63. The van der Waals surface area contributed by atoms with E-state index in [2.05, 4.69) is 15.6 Å². The van der Waals surface area contributed by atoms with E-state index in [1.54, 1.807) is 6.20 Å². The number of nitrogens with zero attached hydrogens (tertiary/aromatic N) is 1. The van der Waals surface area contributed by atoms with E-state index in [0.29, 0.717) is 0 Å². The number of unbranched alkanes of at least 4 members (excludes halogenated alkanes) is 1. The molecule has 3 N–H and O–H groups in total. The lowest BCUT2D eigenvalue weighted by Crippen LogP contribution is -2.04. The minimum atomic E-state index is 0.265. The van der Waals surface area contributed by atoms with Crippen molar-refractivity contribution in [3.63, 3.8) is 0 Å². The third kappa shape index (κ3) is 4.65. The number of pyridine rings is 1. The standard InChI is InChI=1S/C11H19N3O/c1-2-12-11-9-10(5-7-14-11)13-6-3-4-8-15/h5,7,9,15H,2-4,6,8H2,1H3,(H2,12,13,14). The van der Waals surface area contributed by atoms with Gasteiger partial charge < -0.3 is 15.7 Å². The summed E-state index contributed by atoms with van der Waals surface area (Å²) in [6.07, 6.45) is 3.61. The second kappa shape index (κ2) is 7.06. The Morgan fingerprint density at radius 2 is 2.20 bits per heavy atom. The lowest BCUT2D eigenvalue weighted by atomic mass is 10.3. The minimum absolute atomic E-state index is 0.265. The van der Waals surface area contributed by atoms with Gasteiger partial charge in [0.1, 0.15) is 5.82 Å². The minimum Gasteiger partial charge on any atom is -0.396 e.